The van der Waals surface area contributed by atoms with Crippen LogP contribution in [0.5, 0.6) is 0 Å². The molecule has 1 saturated heterocycles. The number of morpholine rings is 1. The van der Waals surface area contributed by atoms with Crippen LogP contribution in [-0.2, 0) is 9.53 Å². The number of nitriles is 1. The van der Waals surface area contributed by atoms with E-state index in [1.165, 1.54) is 0 Å². The van der Waals surface area contributed by atoms with Crippen LogP contribution in [0.15, 0.2) is 0 Å². The number of hydrogen-bond donors (Lipinski definition) is 1. The monoisotopic (exact) mass is 260 g/mol. The van der Waals surface area contributed by atoms with Gasteiger partial charge in [-0.3, -0.25) is 4.79 Å². The third-order valence-electron chi connectivity index (χ3n) is 3.53. The van der Waals surface area contributed by atoms with E-state index in [1.807, 2.05) is 0 Å². The first-order valence-corrected chi connectivity index (χ1v) is 5.81. The minimum absolute atomic E-state index is 0.0166. The van der Waals surface area contributed by atoms with E-state index in [0.29, 0.717) is 6.42 Å². The summed E-state index contributed by atoms with van der Waals surface area (Å²) < 4.78 is 32.8. The van der Waals surface area contributed by atoms with Gasteiger partial charge in [-0.05, 0) is 19.3 Å². The maximum Gasteiger partial charge on any atom is 0.352 e. The zero-order valence-corrected chi connectivity index (χ0v) is 9.73. The second-order valence-corrected chi connectivity index (χ2v) is 4.70. The number of aliphatic hydroxyl groups is 1. The molecule has 0 bridgehead atoms. The number of hydrogen-bond acceptors (Lipinski definition) is 4. The molecule has 0 spiro atoms. The summed E-state index contributed by atoms with van der Waals surface area (Å²) in [6, 6.07) is 1.78. The zero-order chi connectivity index (χ0) is 13.4. The van der Waals surface area contributed by atoms with Gasteiger partial charge in [-0.15, -0.1) is 0 Å². The standard InChI is InChI=1S/C11H14F2N2O3/c12-11(13,10(17)2-1-3-10)9(16)15-4-5-18-8(6-14)7-15/h8,17H,1-5,7H2. The van der Waals surface area contributed by atoms with Crippen molar-refractivity contribution >= 4 is 5.91 Å². The van der Waals surface area contributed by atoms with Crippen LogP contribution in [0.1, 0.15) is 19.3 Å². The second kappa shape index (κ2) is 4.44. The van der Waals surface area contributed by atoms with E-state index in [2.05, 4.69) is 0 Å². The third kappa shape index (κ3) is 1.95. The molecule has 18 heavy (non-hydrogen) atoms. The lowest BCUT2D eigenvalue weighted by molar-refractivity contribution is -0.225. The highest BCUT2D eigenvalue weighted by molar-refractivity contribution is 5.85. The topological polar surface area (TPSA) is 73.6 Å². The van der Waals surface area contributed by atoms with Crippen molar-refractivity contribution in [2.24, 2.45) is 0 Å². The molecule has 2 fully saturated rings. The molecule has 1 unspecified atom stereocenters. The first kappa shape index (κ1) is 13.2. The van der Waals surface area contributed by atoms with E-state index >= 15 is 0 Å². The van der Waals surface area contributed by atoms with Crippen LogP contribution >= 0.6 is 0 Å². The van der Waals surface area contributed by atoms with Crippen LogP contribution in [0.2, 0.25) is 0 Å². The van der Waals surface area contributed by atoms with Crippen molar-refractivity contribution in [1.82, 2.24) is 4.90 Å². The lowest BCUT2D eigenvalue weighted by Crippen LogP contribution is -2.63. The van der Waals surface area contributed by atoms with Crippen LogP contribution in [0.4, 0.5) is 8.78 Å². The smallest absolute Gasteiger partial charge is 0.352 e. The fourth-order valence-electron chi connectivity index (χ4n) is 2.14. The number of amides is 1. The van der Waals surface area contributed by atoms with Crippen LogP contribution in [0.25, 0.3) is 0 Å². The highest BCUT2D eigenvalue weighted by Crippen LogP contribution is 2.45. The predicted molar refractivity (Wildman–Crippen MR) is 55.7 cm³/mol. The fraction of sp³-hybridized carbons (Fsp3) is 0.818. The van der Waals surface area contributed by atoms with Gasteiger partial charge in [-0.25, -0.2) is 0 Å². The molecule has 0 aromatic carbocycles. The van der Waals surface area contributed by atoms with Crippen molar-refractivity contribution in [3.05, 3.63) is 0 Å². The Kier molecular flexibility index (Phi) is 3.25. The Bertz CT molecular complexity index is 390. The molecule has 1 saturated carbocycles. The molecule has 2 aliphatic rings. The Morgan fingerprint density at radius 1 is 1.56 bits per heavy atom. The molecular weight excluding hydrogens is 246 g/mol. The van der Waals surface area contributed by atoms with Gasteiger partial charge in [-0.1, -0.05) is 0 Å². The van der Waals surface area contributed by atoms with E-state index in [-0.39, 0.29) is 32.5 Å². The lowest BCUT2D eigenvalue weighted by atomic mass is 9.75. The summed E-state index contributed by atoms with van der Waals surface area (Å²) in [5, 5.41) is 18.3. The second-order valence-electron chi connectivity index (χ2n) is 4.70. The first-order valence-electron chi connectivity index (χ1n) is 5.81. The van der Waals surface area contributed by atoms with Gasteiger partial charge in [0.05, 0.1) is 19.2 Å². The molecule has 7 heteroatoms. The summed E-state index contributed by atoms with van der Waals surface area (Å²) in [4.78, 5) is 12.7. The summed E-state index contributed by atoms with van der Waals surface area (Å²) in [5.41, 5.74) is -2.22. The average Bonchev–Trinajstić information content (AvgIpc) is 2.34. The van der Waals surface area contributed by atoms with Crippen molar-refractivity contribution in [3.8, 4) is 6.07 Å². The van der Waals surface area contributed by atoms with Crippen LogP contribution < -0.4 is 0 Å². The van der Waals surface area contributed by atoms with Gasteiger partial charge < -0.3 is 14.7 Å². The summed E-state index contributed by atoms with van der Waals surface area (Å²) in [7, 11) is 0. The van der Waals surface area contributed by atoms with Crippen LogP contribution in [0, 0.1) is 11.3 Å². The summed E-state index contributed by atoms with van der Waals surface area (Å²) in [6.45, 7) is -0.109. The van der Waals surface area contributed by atoms with Gasteiger partial charge in [-0.2, -0.15) is 14.0 Å². The molecule has 0 aromatic heterocycles. The number of nitrogens with zero attached hydrogens (tertiary/aromatic N) is 2. The molecule has 0 aromatic rings. The quantitative estimate of drug-likeness (QED) is 0.774. The van der Waals surface area contributed by atoms with Crippen molar-refractivity contribution < 1.29 is 23.4 Å². The lowest BCUT2D eigenvalue weighted by Gasteiger charge is -2.43. The minimum atomic E-state index is -3.79. The van der Waals surface area contributed by atoms with Crippen molar-refractivity contribution in [1.29, 1.82) is 5.26 Å². The van der Waals surface area contributed by atoms with Gasteiger partial charge in [0.15, 0.2) is 6.10 Å². The van der Waals surface area contributed by atoms with Gasteiger partial charge in [0.25, 0.3) is 5.91 Å². The molecular formula is C11H14F2N2O3. The average molecular weight is 260 g/mol. The fourth-order valence-corrected chi connectivity index (χ4v) is 2.14. The normalized spacial score (nSPS) is 27.2. The van der Waals surface area contributed by atoms with Gasteiger partial charge >= 0.3 is 5.92 Å². The summed E-state index contributed by atoms with van der Waals surface area (Å²) >= 11 is 0. The van der Waals surface area contributed by atoms with E-state index in [9.17, 15) is 18.7 Å². The summed E-state index contributed by atoms with van der Waals surface area (Å²) in [5.74, 6) is -5.20. The van der Waals surface area contributed by atoms with Gasteiger partial charge in [0, 0.05) is 6.54 Å². The third-order valence-corrected chi connectivity index (χ3v) is 3.53. The Balaban J connectivity index is 2.08. The van der Waals surface area contributed by atoms with E-state index < -0.39 is 23.5 Å². The van der Waals surface area contributed by atoms with Gasteiger partial charge in [0.1, 0.15) is 5.60 Å². The van der Waals surface area contributed by atoms with E-state index in [0.717, 1.165) is 4.90 Å². The molecule has 1 atom stereocenters. The largest absolute Gasteiger partial charge is 0.383 e. The Labute approximate surface area is 103 Å². The SMILES string of the molecule is N#CC1CN(C(=O)C(F)(F)C2(O)CCC2)CCO1. The maximum atomic E-state index is 13.9. The van der Waals surface area contributed by atoms with Gasteiger partial charge in [0.2, 0.25) is 0 Å². The maximum absolute atomic E-state index is 13.9. The van der Waals surface area contributed by atoms with E-state index in [1.54, 1.807) is 6.07 Å². The molecule has 1 heterocycles. The molecule has 1 aliphatic carbocycles. The molecule has 5 nitrogen and oxygen atoms in total. The number of carbonyl (C=O) groups excluding carboxylic acids is 1. The molecule has 1 amide bonds. The molecule has 1 aliphatic heterocycles. The van der Waals surface area contributed by atoms with Crippen molar-refractivity contribution in [2.75, 3.05) is 19.7 Å². The number of ether oxygens (including phenoxy) is 1. The van der Waals surface area contributed by atoms with E-state index in [4.69, 9.17) is 10.00 Å². The highest BCUT2D eigenvalue weighted by atomic mass is 19.3. The van der Waals surface area contributed by atoms with Crippen molar-refractivity contribution in [3.63, 3.8) is 0 Å². The number of rotatable bonds is 2. The Morgan fingerprint density at radius 2 is 2.22 bits per heavy atom. The number of halogens is 2. The minimum Gasteiger partial charge on any atom is -0.383 e. The Hall–Kier alpha value is -1.26. The molecule has 2 rings (SSSR count). The number of alkyl halides is 2. The van der Waals surface area contributed by atoms with Crippen LogP contribution in [-0.4, -0.2) is 53.2 Å². The zero-order valence-electron chi connectivity index (χ0n) is 9.73. The van der Waals surface area contributed by atoms with Crippen molar-refractivity contribution in [2.45, 2.75) is 36.9 Å². The van der Waals surface area contributed by atoms with Crippen LogP contribution in [0.3, 0.4) is 0 Å². The highest BCUT2D eigenvalue weighted by Gasteiger charge is 2.62. The molecule has 100 valence electrons. The predicted octanol–water partition coefficient (Wildman–Crippen LogP) is 0.288. The summed E-state index contributed by atoms with van der Waals surface area (Å²) in [6.07, 6.45) is -0.534. The number of carbonyl (C=O) groups is 1. The first-order chi connectivity index (χ1) is 8.40. The molecule has 0 radical (unpaired) electrons. The Morgan fingerprint density at radius 3 is 2.72 bits per heavy atom. The molecule has 1 N–H and O–H groups in total.